The highest BCUT2D eigenvalue weighted by molar-refractivity contribution is 6.31. The fraction of sp³-hybridized carbons (Fsp3) is 0.304. The third-order valence-electron chi connectivity index (χ3n) is 5.32. The molecule has 0 spiro atoms. The smallest absolute Gasteiger partial charge is 0.287 e. The molecule has 1 amide bonds. The van der Waals surface area contributed by atoms with Gasteiger partial charge in [0.2, 0.25) is 0 Å². The first-order valence-corrected chi connectivity index (χ1v) is 10.3. The second-order valence-corrected chi connectivity index (χ2v) is 7.84. The summed E-state index contributed by atoms with van der Waals surface area (Å²) in [6.45, 7) is 5.35. The number of hydrogen-bond donors (Lipinski definition) is 1. The Morgan fingerprint density at radius 1 is 1.13 bits per heavy atom. The second kappa shape index (κ2) is 9.00. The third-order valence-corrected chi connectivity index (χ3v) is 5.55. The monoisotopic (exact) mass is 426 g/mol. The lowest BCUT2D eigenvalue weighted by Crippen LogP contribution is -2.43. The number of ether oxygens (including phenoxy) is 1. The van der Waals surface area contributed by atoms with Crippen LogP contribution < -0.4 is 10.7 Å². The number of carbonyl (C=O) groups is 1. The van der Waals surface area contributed by atoms with Crippen molar-refractivity contribution >= 4 is 28.5 Å². The Morgan fingerprint density at radius 3 is 2.60 bits per heavy atom. The molecule has 3 aromatic rings. The third kappa shape index (κ3) is 4.56. The summed E-state index contributed by atoms with van der Waals surface area (Å²) in [7, 11) is 0. The van der Waals surface area contributed by atoms with Crippen molar-refractivity contribution in [1.82, 2.24) is 10.2 Å². The minimum Gasteiger partial charge on any atom is -0.451 e. The van der Waals surface area contributed by atoms with Crippen LogP contribution in [0.25, 0.3) is 11.0 Å². The number of rotatable bonds is 5. The molecule has 1 N–H and O–H groups in total. The van der Waals surface area contributed by atoms with Gasteiger partial charge in [-0.3, -0.25) is 14.5 Å². The first kappa shape index (κ1) is 20.6. The molecule has 4 rings (SSSR count). The average Bonchev–Trinajstić information content (AvgIpc) is 2.76. The van der Waals surface area contributed by atoms with Crippen molar-refractivity contribution in [3.05, 3.63) is 80.7 Å². The van der Waals surface area contributed by atoms with Gasteiger partial charge in [0.25, 0.3) is 5.91 Å². The molecule has 7 heteroatoms. The van der Waals surface area contributed by atoms with Gasteiger partial charge in [-0.25, -0.2) is 0 Å². The predicted octanol–water partition coefficient (Wildman–Crippen LogP) is 3.56. The van der Waals surface area contributed by atoms with E-state index in [-0.39, 0.29) is 17.2 Å². The Hall–Kier alpha value is -2.67. The van der Waals surface area contributed by atoms with Crippen LogP contribution in [0.1, 0.15) is 27.7 Å². The lowest BCUT2D eigenvalue weighted by atomic mass is 10.0. The minimum atomic E-state index is -0.422. The number of benzene rings is 2. The SMILES string of the molecule is Cc1ccc([C@@H](CNC(=O)c2cc(=O)c3cc(Cl)ccc3o2)N2CCOCC2)cc1. The van der Waals surface area contributed by atoms with Crippen molar-refractivity contribution < 1.29 is 13.9 Å². The van der Waals surface area contributed by atoms with Crippen LogP contribution in [-0.2, 0) is 4.74 Å². The standard InChI is InChI=1S/C23H23ClN2O4/c1-15-2-4-16(5-3-15)19(26-8-10-29-11-9-26)14-25-23(28)22-13-20(27)18-12-17(24)6-7-21(18)30-22/h2-7,12-13,19H,8-11,14H2,1H3,(H,25,28)/t19-/m1/s1. The minimum absolute atomic E-state index is 0.00411. The van der Waals surface area contributed by atoms with Gasteiger partial charge < -0.3 is 14.5 Å². The molecule has 30 heavy (non-hydrogen) atoms. The van der Waals surface area contributed by atoms with Crippen molar-refractivity contribution in [1.29, 1.82) is 0 Å². The maximum Gasteiger partial charge on any atom is 0.287 e. The van der Waals surface area contributed by atoms with E-state index in [9.17, 15) is 9.59 Å². The number of carbonyl (C=O) groups excluding carboxylic acids is 1. The van der Waals surface area contributed by atoms with Crippen LogP contribution >= 0.6 is 11.6 Å². The Morgan fingerprint density at radius 2 is 1.87 bits per heavy atom. The summed E-state index contributed by atoms with van der Waals surface area (Å²) < 4.78 is 11.1. The van der Waals surface area contributed by atoms with Crippen molar-refractivity contribution in [3.63, 3.8) is 0 Å². The molecule has 0 unspecified atom stereocenters. The zero-order valence-corrected chi connectivity index (χ0v) is 17.4. The van der Waals surface area contributed by atoms with E-state index < -0.39 is 5.91 Å². The summed E-state index contributed by atoms with van der Waals surface area (Å²) in [5, 5.41) is 3.73. The number of morpholine rings is 1. The first-order valence-electron chi connectivity index (χ1n) is 9.91. The van der Waals surface area contributed by atoms with E-state index in [0.717, 1.165) is 18.7 Å². The molecule has 1 aromatic heterocycles. The molecule has 0 aliphatic carbocycles. The fourth-order valence-electron chi connectivity index (χ4n) is 3.65. The lowest BCUT2D eigenvalue weighted by Gasteiger charge is -2.35. The van der Waals surface area contributed by atoms with Gasteiger partial charge in [0.05, 0.1) is 24.6 Å². The molecule has 0 radical (unpaired) electrons. The van der Waals surface area contributed by atoms with Gasteiger partial charge in [-0.1, -0.05) is 41.4 Å². The van der Waals surface area contributed by atoms with Gasteiger partial charge in [0.1, 0.15) is 5.58 Å². The first-order chi connectivity index (χ1) is 14.5. The van der Waals surface area contributed by atoms with Crippen LogP contribution in [0.3, 0.4) is 0 Å². The molecule has 2 aromatic carbocycles. The summed E-state index contributed by atoms with van der Waals surface area (Å²) in [5.41, 5.74) is 2.34. The highest BCUT2D eigenvalue weighted by atomic mass is 35.5. The molecular weight excluding hydrogens is 404 g/mol. The van der Waals surface area contributed by atoms with Gasteiger partial charge in [-0.15, -0.1) is 0 Å². The van der Waals surface area contributed by atoms with E-state index in [1.54, 1.807) is 12.1 Å². The molecule has 1 atom stereocenters. The second-order valence-electron chi connectivity index (χ2n) is 7.40. The average molecular weight is 427 g/mol. The van der Waals surface area contributed by atoms with Crippen molar-refractivity contribution in [2.24, 2.45) is 0 Å². The van der Waals surface area contributed by atoms with Crippen LogP contribution in [0.5, 0.6) is 0 Å². The summed E-state index contributed by atoms with van der Waals surface area (Å²) in [6.07, 6.45) is 0. The van der Waals surface area contributed by atoms with Gasteiger partial charge in [-0.2, -0.15) is 0 Å². The normalized spacial score (nSPS) is 15.8. The molecule has 1 aliphatic rings. The molecule has 6 nitrogen and oxygen atoms in total. The number of nitrogens with one attached hydrogen (secondary N) is 1. The highest BCUT2D eigenvalue weighted by Crippen LogP contribution is 2.22. The van der Waals surface area contributed by atoms with Crippen molar-refractivity contribution in [3.8, 4) is 0 Å². The largest absolute Gasteiger partial charge is 0.451 e. The summed E-state index contributed by atoms with van der Waals surface area (Å²) in [6, 6.07) is 14.3. The number of hydrogen-bond acceptors (Lipinski definition) is 5. The Labute approximate surface area is 179 Å². The Kier molecular flexibility index (Phi) is 6.18. The number of halogens is 1. The van der Waals surface area contributed by atoms with E-state index in [4.69, 9.17) is 20.8 Å². The molecule has 156 valence electrons. The molecule has 1 aliphatic heterocycles. The Balaban J connectivity index is 1.55. The van der Waals surface area contributed by atoms with Crippen LogP contribution in [0.2, 0.25) is 5.02 Å². The number of fused-ring (bicyclic) bond motifs is 1. The van der Waals surface area contributed by atoms with E-state index in [1.165, 1.54) is 17.7 Å². The maximum atomic E-state index is 12.8. The van der Waals surface area contributed by atoms with Crippen molar-refractivity contribution in [2.75, 3.05) is 32.8 Å². The van der Waals surface area contributed by atoms with Gasteiger partial charge >= 0.3 is 0 Å². The molecule has 1 saturated heterocycles. The molecule has 0 saturated carbocycles. The Bertz CT molecular complexity index is 1100. The van der Waals surface area contributed by atoms with E-state index in [2.05, 4.69) is 34.5 Å². The van der Waals surface area contributed by atoms with Crippen LogP contribution in [-0.4, -0.2) is 43.7 Å². The number of nitrogens with zero attached hydrogens (tertiary/aromatic N) is 1. The van der Waals surface area contributed by atoms with Crippen LogP contribution in [0.4, 0.5) is 0 Å². The summed E-state index contributed by atoms with van der Waals surface area (Å²) in [4.78, 5) is 27.4. The van der Waals surface area contributed by atoms with E-state index >= 15 is 0 Å². The predicted molar refractivity (Wildman–Crippen MR) is 116 cm³/mol. The van der Waals surface area contributed by atoms with Gasteiger partial charge in [0, 0.05) is 30.7 Å². The lowest BCUT2D eigenvalue weighted by molar-refractivity contribution is 0.0161. The van der Waals surface area contributed by atoms with Crippen LogP contribution in [0.15, 0.2) is 57.7 Å². The van der Waals surface area contributed by atoms with Gasteiger partial charge in [-0.05, 0) is 30.7 Å². The summed E-state index contributed by atoms with van der Waals surface area (Å²) in [5.74, 6) is -0.436. The molecule has 0 bridgehead atoms. The quantitative estimate of drug-likeness (QED) is 0.675. The zero-order chi connectivity index (χ0) is 21.1. The maximum absolute atomic E-state index is 12.8. The molecule has 2 heterocycles. The highest BCUT2D eigenvalue weighted by Gasteiger charge is 2.24. The van der Waals surface area contributed by atoms with Crippen molar-refractivity contribution in [2.45, 2.75) is 13.0 Å². The number of aryl methyl sites for hydroxylation is 1. The van der Waals surface area contributed by atoms with E-state index in [0.29, 0.717) is 35.8 Å². The van der Waals surface area contributed by atoms with Gasteiger partial charge in [0.15, 0.2) is 11.2 Å². The molecule has 1 fully saturated rings. The fourth-order valence-corrected chi connectivity index (χ4v) is 3.82. The topological polar surface area (TPSA) is 71.8 Å². The van der Waals surface area contributed by atoms with E-state index in [1.807, 2.05) is 6.92 Å². The zero-order valence-electron chi connectivity index (χ0n) is 16.7. The summed E-state index contributed by atoms with van der Waals surface area (Å²) >= 11 is 5.95. The number of amides is 1. The molecular formula is C23H23ClN2O4. The van der Waals surface area contributed by atoms with Crippen LogP contribution in [0, 0.1) is 6.92 Å².